The highest BCUT2D eigenvalue weighted by molar-refractivity contribution is 9.13. The predicted octanol–water partition coefficient (Wildman–Crippen LogP) is 2.03. The minimum absolute atomic E-state index is 0.119. The maximum Gasteiger partial charge on any atom is 0.241 e. The molecule has 1 atom stereocenters. The molecule has 1 aromatic carbocycles. The topological polar surface area (TPSA) is 55.1 Å². The summed E-state index contributed by atoms with van der Waals surface area (Å²) in [6.07, 6.45) is 0.590. The van der Waals surface area contributed by atoms with Crippen LogP contribution in [0.4, 0.5) is 5.69 Å². The molecule has 74 valence electrons. The van der Waals surface area contributed by atoms with Crippen LogP contribution in [0.1, 0.15) is 5.56 Å². The largest absolute Gasteiger partial charge is 0.324 e. The summed E-state index contributed by atoms with van der Waals surface area (Å²) in [5.41, 5.74) is 7.54. The number of fused-ring (bicyclic) bond motifs is 1. The van der Waals surface area contributed by atoms with Crippen molar-refractivity contribution in [2.45, 2.75) is 12.5 Å². The first-order valence-corrected chi connectivity index (χ1v) is 5.71. The SMILES string of the molecule is NC1Cc2cc(Br)c(Br)cc2NC1=O. The lowest BCUT2D eigenvalue weighted by Gasteiger charge is -2.22. The van der Waals surface area contributed by atoms with E-state index in [1.807, 2.05) is 12.1 Å². The number of amides is 1. The van der Waals surface area contributed by atoms with Crippen molar-refractivity contribution in [1.82, 2.24) is 0 Å². The van der Waals surface area contributed by atoms with E-state index in [4.69, 9.17) is 5.73 Å². The molecule has 1 heterocycles. The van der Waals surface area contributed by atoms with Crippen molar-refractivity contribution >= 4 is 43.5 Å². The molecule has 3 N–H and O–H groups in total. The Labute approximate surface area is 98.3 Å². The summed E-state index contributed by atoms with van der Waals surface area (Å²) >= 11 is 6.79. The van der Waals surface area contributed by atoms with Gasteiger partial charge in [-0.1, -0.05) is 0 Å². The Bertz CT molecular complexity index is 406. The van der Waals surface area contributed by atoms with Crippen LogP contribution < -0.4 is 11.1 Å². The van der Waals surface area contributed by atoms with E-state index in [1.54, 1.807) is 0 Å². The maximum absolute atomic E-state index is 11.3. The summed E-state index contributed by atoms with van der Waals surface area (Å²) in [5, 5.41) is 2.76. The van der Waals surface area contributed by atoms with E-state index in [9.17, 15) is 4.79 Å². The van der Waals surface area contributed by atoms with E-state index in [0.29, 0.717) is 6.42 Å². The molecule has 1 unspecified atom stereocenters. The predicted molar refractivity (Wildman–Crippen MR) is 62.2 cm³/mol. The van der Waals surface area contributed by atoms with Gasteiger partial charge in [0.2, 0.25) is 5.91 Å². The van der Waals surface area contributed by atoms with Gasteiger partial charge in [0.15, 0.2) is 0 Å². The molecule has 0 spiro atoms. The Morgan fingerprint density at radius 3 is 2.71 bits per heavy atom. The monoisotopic (exact) mass is 318 g/mol. The van der Waals surface area contributed by atoms with E-state index in [2.05, 4.69) is 37.2 Å². The number of hydrogen-bond donors (Lipinski definition) is 2. The summed E-state index contributed by atoms with van der Waals surface area (Å²) < 4.78 is 1.90. The number of benzene rings is 1. The van der Waals surface area contributed by atoms with Crippen LogP contribution >= 0.6 is 31.9 Å². The van der Waals surface area contributed by atoms with Crippen molar-refractivity contribution < 1.29 is 4.79 Å². The third-order valence-electron chi connectivity index (χ3n) is 2.18. The Balaban J connectivity index is 2.47. The fourth-order valence-corrected chi connectivity index (χ4v) is 2.16. The highest BCUT2D eigenvalue weighted by Gasteiger charge is 2.23. The summed E-state index contributed by atoms with van der Waals surface area (Å²) in [6.45, 7) is 0. The lowest BCUT2D eigenvalue weighted by Crippen LogP contribution is -2.41. The Hall–Kier alpha value is -0.390. The van der Waals surface area contributed by atoms with Crippen molar-refractivity contribution in [2.24, 2.45) is 5.73 Å². The van der Waals surface area contributed by atoms with Crippen molar-refractivity contribution in [1.29, 1.82) is 0 Å². The zero-order chi connectivity index (χ0) is 10.3. The molecule has 14 heavy (non-hydrogen) atoms. The third-order valence-corrected chi connectivity index (χ3v) is 4.02. The Kier molecular flexibility index (Phi) is 2.64. The van der Waals surface area contributed by atoms with Crippen LogP contribution in [0, 0.1) is 0 Å². The van der Waals surface area contributed by atoms with Crippen molar-refractivity contribution in [3.63, 3.8) is 0 Å². The minimum atomic E-state index is -0.435. The van der Waals surface area contributed by atoms with Gasteiger partial charge in [-0.15, -0.1) is 0 Å². The second kappa shape index (κ2) is 3.64. The van der Waals surface area contributed by atoms with Crippen LogP contribution in [-0.4, -0.2) is 11.9 Å². The molecular formula is C9H8Br2N2O. The molecule has 1 aromatic rings. The van der Waals surface area contributed by atoms with E-state index in [-0.39, 0.29) is 5.91 Å². The smallest absolute Gasteiger partial charge is 0.241 e. The fraction of sp³-hybridized carbons (Fsp3) is 0.222. The lowest BCUT2D eigenvalue weighted by atomic mass is 10.00. The van der Waals surface area contributed by atoms with Gasteiger partial charge in [0, 0.05) is 14.6 Å². The van der Waals surface area contributed by atoms with Gasteiger partial charge in [0.25, 0.3) is 0 Å². The lowest BCUT2D eigenvalue weighted by molar-refractivity contribution is -0.117. The molecule has 3 nitrogen and oxygen atoms in total. The molecule has 2 rings (SSSR count). The van der Waals surface area contributed by atoms with Crippen molar-refractivity contribution in [3.05, 3.63) is 26.6 Å². The standard InChI is InChI=1S/C9H8Br2N2O/c10-5-1-4-2-7(12)9(14)13-8(4)3-6(5)11/h1,3,7H,2,12H2,(H,13,14). The summed E-state index contributed by atoms with van der Waals surface area (Å²) in [7, 11) is 0. The molecule has 0 saturated heterocycles. The fourth-order valence-electron chi connectivity index (χ4n) is 1.43. The van der Waals surface area contributed by atoms with Crippen LogP contribution in [0.25, 0.3) is 0 Å². The van der Waals surface area contributed by atoms with Gasteiger partial charge in [-0.3, -0.25) is 4.79 Å². The number of rotatable bonds is 0. The molecule has 0 radical (unpaired) electrons. The molecular weight excluding hydrogens is 312 g/mol. The minimum Gasteiger partial charge on any atom is -0.324 e. The van der Waals surface area contributed by atoms with Crippen LogP contribution in [0.3, 0.4) is 0 Å². The number of hydrogen-bond acceptors (Lipinski definition) is 2. The van der Waals surface area contributed by atoms with Gasteiger partial charge in [-0.05, 0) is 56.0 Å². The van der Waals surface area contributed by atoms with Crippen LogP contribution in [0.2, 0.25) is 0 Å². The zero-order valence-corrected chi connectivity index (χ0v) is 10.4. The first kappa shape index (κ1) is 10.1. The average Bonchev–Trinajstić information content (AvgIpc) is 2.11. The van der Waals surface area contributed by atoms with Gasteiger partial charge in [0.1, 0.15) is 0 Å². The summed E-state index contributed by atoms with van der Waals surface area (Å²) in [5.74, 6) is -0.119. The number of anilines is 1. The van der Waals surface area contributed by atoms with E-state index < -0.39 is 6.04 Å². The second-order valence-electron chi connectivity index (χ2n) is 3.22. The number of nitrogens with two attached hydrogens (primary N) is 1. The normalized spacial score (nSPS) is 20.2. The van der Waals surface area contributed by atoms with E-state index in [0.717, 1.165) is 20.2 Å². The van der Waals surface area contributed by atoms with E-state index in [1.165, 1.54) is 0 Å². The molecule has 5 heteroatoms. The molecule has 1 aliphatic heterocycles. The molecule has 0 bridgehead atoms. The Morgan fingerprint density at radius 2 is 2.00 bits per heavy atom. The van der Waals surface area contributed by atoms with Gasteiger partial charge in [-0.25, -0.2) is 0 Å². The number of carbonyl (C=O) groups excluding carboxylic acids is 1. The summed E-state index contributed by atoms with van der Waals surface area (Å²) in [6, 6.07) is 3.41. The quantitative estimate of drug-likeness (QED) is 0.769. The number of nitrogens with one attached hydrogen (secondary N) is 1. The maximum atomic E-state index is 11.3. The second-order valence-corrected chi connectivity index (χ2v) is 4.93. The molecule has 0 aliphatic carbocycles. The van der Waals surface area contributed by atoms with Crippen LogP contribution in [0.15, 0.2) is 21.1 Å². The number of halogens is 2. The number of carbonyl (C=O) groups is 1. The zero-order valence-electron chi connectivity index (χ0n) is 7.18. The summed E-state index contributed by atoms with van der Waals surface area (Å²) in [4.78, 5) is 11.3. The molecule has 1 aliphatic rings. The van der Waals surface area contributed by atoms with Crippen LogP contribution in [-0.2, 0) is 11.2 Å². The highest BCUT2D eigenvalue weighted by atomic mass is 79.9. The van der Waals surface area contributed by atoms with Crippen molar-refractivity contribution in [3.8, 4) is 0 Å². The van der Waals surface area contributed by atoms with E-state index >= 15 is 0 Å². The molecule has 0 fully saturated rings. The van der Waals surface area contributed by atoms with Gasteiger partial charge in [0.05, 0.1) is 6.04 Å². The first-order valence-electron chi connectivity index (χ1n) is 4.12. The Morgan fingerprint density at radius 1 is 1.36 bits per heavy atom. The van der Waals surface area contributed by atoms with Gasteiger partial charge < -0.3 is 11.1 Å². The molecule has 0 aromatic heterocycles. The first-order chi connectivity index (χ1) is 6.58. The molecule has 0 saturated carbocycles. The molecule has 1 amide bonds. The average molecular weight is 320 g/mol. The highest BCUT2D eigenvalue weighted by Crippen LogP contribution is 2.32. The van der Waals surface area contributed by atoms with Crippen molar-refractivity contribution in [2.75, 3.05) is 5.32 Å². The van der Waals surface area contributed by atoms with Gasteiger partial charge in [-0.2, -0.15) is 0 Å². The van der Waals surface area contributed by atoms with Crippen LogP contribution in [0.5, 0.6) is 0 Å². The third kappa shape index (κ3) is 1.71. The van der Waals surface area contributed by atoms with Gasteiger partial charge >= 0.3 is 0 Å².